The summed E-state index contributed by atoms with van der Waals surface area (Å²) >= 11 is 0. The first-order valence-corrected chi connectivity index (χ1v) is 6.89. The Kier molecular flexibility index (Phi) is 3.47. The zero-order valence-corrected chi connectivity index (χ0v) is 12.2. The fourth-order valence-electron chi connectivity index (χ4n) is 2.14. The van der Waals surface area contributed by atoms with Gasteiger partial charge in [-0.15, -0.1) is 5.10 Å². The largest absolute Gasteiger partial charge is 0.361 e. The van der Waals surface area contributed by atoms with Crippen LogP contribution in [0.25, 0.3) is 11.2 Å². The van der Waals surface area contributed by atoms with Crippen LogP contribution in [0, 0.1) is 0 Å². The van der Waals surface area contributed by atoms with E-state index in [1.807, 2.05) is 32.2 Å². The molecule has 7 nitrogen and oxygen atoms in total. The fourth-order valence-corrected chi connectivity index (χ4v) is 2.14. The number of hydrogen-bond acceptors (Lipinski definition) is 6. The van der Waals surface area contributed by atoms with Crippen LogP contribution in [0.3, 0.4) is 0 Å². The van der Waals surface area contributed by atoms with E-state index in [9.17, 15) is 0 Å². The summed E-state index contributed by atoms with van der Waals surface area (Å²) < 4.78 is 1.79. The summed E-state index contributed by atoms with van der Waals surface area (Å²) in [5.74, 6) is 0.684. The molecule has 0 aromatic carbocycles. The van der Waals surface area contributed by atoms with Gasteiger partial charge < -0.3 is 5.32 Å². The molecule has 3 rings (SSSR count). The molecular weight excluding hydrogens is 266 g/mol. The summed E-state index contributed by atoms with van der Waals surface area (Å²) in [5, 5.41) is 11.7. The van der Waals surface area contributed by atoms with Gasteiger partial charge in [-0.2, -0.15) is 0 Å². The highest BCUT2D eigenvalue weighted by molar-refractivity contribution is 5.82. The average Bonchev–Trinajstić information content (AvgIpc) is 2.93. The number of rotatable bonds is 4. The van der Waals surface area contributed by atoms with Crippen LogP contribution in [0.5, 0.6) is 0 Å². The van der Waals surface area contributed by atoms with Crippen molar-refractivity contribution in [1.82, 2.24) is 29.9 Å². The molecule has 0 fully saturated rings. The molecule has 0 aliphatic carbocycles. The van der Waals surface area contributed by atoms with Crippen LogP contribution >= 0.6 is 0 Å². The van der Waals surface area contributed by atoms with Crippen molar-refractivity contribution in [2.24, 2.45) is 0 Å². The molecule has 108 valence electrons. The SMILES string of the molecule is CC(Nc1ncnc2c1nnn2C(C)C)c1cccnc1. The number of nitrogens with zero attached hydrogens (tertiary/aromatic N) is 6. The van der Waals surface area contributed by atoms with Crippen LogP contribution in [0.2, 0.25) is 0 Å². The highest BCUT2D eigenvalue weighted by Gasteiger charge is 2.15. The molecule has 3 heterocycles. The molecule has 0 saturated carbocycles. The quantitative estimate of drug-likeness (QED) is 0.791. The standard InChI is InChI=1S/C14H17N7/c1-9(2)21-14-12(19-20-21)13(16-8-17-14)18-10(3)11-5-4-6-15-7-11/h4-10H,1-3H3,(H,16,17,18). The molecule has 0 amide bonds. The molecule has 3 aromatic heterocycles. The third kappa shape index (κ3) is 2.54. The van der Waals surface area contributed by atoms with E-state index in [0.29, 0.717) is 11.3 Å². The predicted molar refractivity (Wildman–Crippen MR) is 79.8 cm³/mol. The van der Waals surface area contributed by atoms with Gasteiger partial charge in [0.2, 0.25) is 0 Å². The summed E-state index contributed by atoms with van der Waals surface area (Å²) in [6, 6.07) is 4.21. The molecule has 1 atom stereocenters. The Morgan fingerprint density at radius 1 is 1.19 bits per heavy atom. The molecule has 0 radical (unpaired) electrons. The zero-order valence-electron chi connectivity index (χ0n) is 12.2. The lowest BCUT2D eigenvalue weighted by Gasteiger charge is -2.14. The van der Waals surface area contributed by atoms with Gasteiger partial charge in [-0.1, -0.05) is 11.3 Å². The second kappa shape index (κ2) is 5.43. The van der Waals surface area contributed by atoms with Gasteiger partial charge in [-0.3, -0.25) is 4.98 Å². The van der Waals surface area contributed by atoms with E-state index in [0.717, 1.165) is 11.2 Å². The van der Waals surface area contributed by atoms with E-state index in [1.54, 1.807) is 10.9 Å². The van der Waals surface area contributed by atoms with Crippen LogP contribution in [0.4, 0.5) is 5.82 Å². The normalized spacial score (nSPS) is 12.8. The van der Waals surface area contributed by atoms with Crippen molar-refractivity contribution in [3.8, 4) is 0 Å². The Morgan fingerprint density at radius 2 is 2.05 bits per heavy atom. The van der Waals surface area contributed by atoms with E-state index >= 15 is 0 Å². The number of fused-ring (bicyclic) bond motifs is 1. The van der Waals surface area contributed by atoms with Gasteiger partial charge in [0.15, 0.2) is 17.0 Å². The first-order chi connectivity index (χ1) is 10.2. The van der Waals surface area contributed by atoms with Gasteiger partial charge in [0, 0.05) is 12.4 Å². The lowest BCUT2D eigenvalue weighted by molar-refractivity contribution is 0.526. The minimum absolute atomic E-state index is 0.0704. The van der Waals surface area contributed by atoms with Gasteiger partial charge in [0.1, 0.15) is 6.33 Å². The molecule has 3 aromatic rings. The van der Waals surface area contributed by atoms with Crippen LogP contribution in [0.15, 0.2) is 30.9 Å². The molecular formula is C14H17N7. The summed E-state index contributed by atoms with van der Waals surface area (Å²) in [6.07, 6.45) is 5.12. The number of anilines is 1. The topological polar surface area (TPSA) is 81.4 Å². The highest BCUT2D eigenvalue weighted by Crippen LogP contribution is 2.22. The highest BCUT2D eigenvalue weighted by atomic mass is 15.5. The molecule has 0 spiro atoms. The van der Waals surface area contributed by atoms with Crippen molar-refractivity contribution in [3.05, 3.63) is 36.4 Å². The minimum Gasteiger partial charge on any atom is -0.361 e. The maximum atomic E-state index is 4.29. The Bertz CT molecular complexity index is 735. The van der Waals surface area contributed by atoms with Crippen molar-refractivity contribution in [2.75, 3.05) is 5.32 Å². The van der Waals surface area contributed by atoms with E-state index < -0.39 is 0 Å². The molecule has 21 heavy (non-hydrogen) atoms. The van der Waals surface area contributed by atoms with Gasteiger partial charge in [-0.25, -0.2) is 14.6 Å². The van der Waals surface area contributed by atoms with E-state index in [4.69, 9.17) is 0 Å². The Labute approximate surface area is 122 Å². The lowest BCUT2D eigenvalue weighted by Crippen LogP contribution is -2.09. The predicted octanol–water partition coefficient (Wildman–Crippen LogP) is 2.37. The summed E-state index contributed by atoms with van der Waals surface area (Å²) in [5.41, 5.74) is 2.50. The van der Waals surface area contributed by atoms with Crippen LogP contribution in [0.1, 0.15) is 38.4 Å². The number of hydrogen-bond donors (Lipinski definition) is 1. The zero-order chi connectivity index (χ0) is 14.8. The van der Waals surface area contributed by atoms with Gasteiger partial charge in [-0.05, 0) is 32.4 Å². The van der Waals surface area contributed by atoms with Crippen molar-refractivity contribution < 1.29 is 0 Å². The Morgan fingerprint density at radius 3 is 2.76 bits per heavy atom. The monoisotopic (exact) mass is 283 g/mol. The molecule has 7 heteroatoms. The second-order valence-corrected chi connectivity index (χ2v) is 5.17. The van der Waals surface area contributed by atoms with Gasteiger partial charge in [0.25, 0.3) is 0 Å². The molecule has 0 aliphatic rings. The first kappa shape index (κ1) is 13.4. The maximum absolute atomic E-state index is 4.29. The maximum Gasteiger partial charge on any atom is 0.184 e. The number of aromatic nitrogens is 6. The minimum atomic E-state index is 0.0704. The summed E-state index contributed by atoms with van der Waals surface area (Å²) in [7, 11) is 0. The Balaban J connectivity index is 1.94. The van der Waals surface area contributed by atoms with Crippen molar-refractivity contribution in [1.29, 1.82) is 0 Å². The van der Waals surface area contributed by atoms with Crippen molar-refractivity contribution in [2.45, 2.75) is 32.9 Å². The molecule has 1 unspecified atom stereocenters. The van der Waals surface area contributed by atoms with Gasteiger partial charge in [0.05, 0.1) is 12.1 Å². The smallest absolute Gasteiger partial charge is 0.184 e. The van der Waals surface area contributed by atoms with Crippen molar-refractivity contribution in [3.63, 3.8) is 0 Å². The van der Waals surface area contributed by atoms with Crippen LogP contribution in [-0.4, -0.2) is 29.9 Å². The first-order valence-electron chi connectivity index (χ1n) is 6.89. The van der Waals surface area contributed by atoms with Crippen molar-refractivity contribution >= 4 is 17.0 Å². The summed E-state index contributed by atoms with van der Waals surface area (Å²) in [6.45, 7) is 6.14. The average molecular weight is 283 g/mol. The molecule has 1 N–H and O–H groups in total. The third-order valence-electron chi connectivity index (χ3n) is 3.29. The van der Waals surface area contributed by atoms with E-state index in [2.05, 4.69) is 37.5 Å². The van der Waals surface area contributed by atoms with E-state index in [1.165, 1.54) is 6.33 Å². The molecule has 0 bridgehead atoms. The number of nitrogens with one attached hydrogen (secondary N) is 1. The number of pyridine rings is 1. The van der Waals surface area contributed by atoms with Gasteiger partial charge >= 0.3 is 0 Å². The summed E-state index contributed by atoms with van der Waals surface area (Å²) in [4.78, 5) is 12.7. The Hall–Kier alpha value is -2.57. The van der Waals surface area contributed by atoms with E-state index in [-0.39, 0.29) is 12.1 Å². The lowest BCUT2D eigenvalue weighted by atomic mass is 10.1. The molecule has 0 aliphatic heterocycles. The van der Waals surface area contributed by atoms with Crippen LogP contribution in [-0.2, 0) is 0 Å². The third-order valence-corrected chi connectivity index (χ3v) is 3.29. The molecule has 0 saturated heterocycles. The second-order valence-electron chi connectivity index (χ2n) is 5.17. The van der Waals surface area contributed by atoms with Crippen LogP contribution < -0.4 is 5.32 Å². The fraction of sp³-hybridized carbons (Fsp3) is 0.357.